The molecule has 0 aliphatic rings. The van der Waals surface area contributed by atoms with Gasteiger partial charge in [0.1, 0.15) is 5.78 Å². The number of allylic oxidation sites excluding steroid dienone is 1. The predicted octanol–water partition coefficient (Wildman–Crippen LogP) is 1.20. The molecule has 39 valence electrons. The summed E-state index contributed by atoms with van der Waals surface area (Å²) in [6.07, 6.45) is 1.39. The minimum Gasteiger partial charge on any atom is -0.299 e. The normalized spacial score (nSPS) is 12.9. The highest BCUT2D eigenvalue weighted by Crippen LogP contribution is 1.93. The van der Waals surface area contributed by atoms with Crippen molar-refractivity contribution in [2.24, 2.45) is 5.92 Å². The summed E-state index contributed by atoms with van der Waals surface area (Å²) in [6, 6.07) is 0. The molecule has 7 heavy (non-hydrogen) atoms. The van der Waals surface area contributed by atoms with Crippen molar-refractivity contribution in [1.29, 1.82) is 0 Å². The van der Waals surface area contributed by atoms with Crippen LogP contribution >= 0.6 is 0 Å². The Morgan fingerprint density at radius 1 is 1.86 bits per heavy atom. The molecule has 0 saturated carbocycles. The van der Waals surface area contributed by atoms with Crippen molar-refractivity contribution in [2.45, 2.75) is 13.8 Å². The van der Waals surface area contributed by atoms with Gasteiger partial charge in [-0.2, -0.15) is 0 Å². The lowest BCUT2D eigenvalue weighted by Gasteiger charge is -1.93. The lowest BCUT2D eigenvalue weighted by atomic mass is 10.1. The number of carbonyl (C=O) groups is 1. The van der Waals surface area contributed by atoms with Crippen LogP contribution in [0, 0.1) is 12.5 Å². The molecule has 0 bridgehead atoms. The van der Waals surface area contributed by atoms with E-state index in [2.05, 4.69) is 0 Å². The highest BCUT2D eigenvalue weighted by Gasteiger charge is 1.98. The second kappa shape index (κ2) is 2.56. The molecule has 0 saturated heterocycles. The second-order valence-electron chi connectivity index (χ2n) is 1.59. The van der Waals surface area contributed by atoms with Gasteiger partial charge in [0.2, 0.25) is 0 Å². The van der Waals surface area contributed by atoms with Gasteiger partial charge in [-0.25, -0.2) is 0 Å². The number of ketones is 1. The number of Topliss-reactive ketones (excluding diaryl/α,β-unsaturated/α-hetero) is 1. The van der Waals surface area contributed by atoms with Crippen LogP contribution in [0.1, 0.15) is 13.8 Å². The summed E-state index contributed by atoms with van der Waals surface area (Å²) in [7, 11) is 0. The molecule has 0 heterocycles. The Bertz CT molecular complexity index is 84.2. The van der Waals surface area contributed by atoms with Gasteiger partial charge in [-0.3, -0.25) is 4.79 Å². The number of hydrogen-bond donors (Lipinski definition) is 0. The molecule has 0 aliphatic heterocycles. The topological polar surface area (TPSA) is 17.1 Å². The van der Waals surface area contributed by atoms with Crippen molar-refractivity contribution in [1.82, 2.24) is 0 Å². The van der Waals surface area contributed by atoms with Crippen molar-refractivity contribution in [2.75, 3.05) is 0 Å². The average molecular weight is 97.1 g/mol. The van der Waals surface area contributed by atoms with Crippen molar-refractivity contribution < 1.29 is 4.79 Å². The van der Waals surface area contributed by atoms with Gasteiger partial charge in [-0.15, -0.1) is 0 Å². The zero-order valence-corrected chi connectivity index (χ0v) is 4.64. The van der Waals surface area contributed by atoms with E-state index in [9.17, 15) is 4.79 Å². The Labute approximate surface area is 44.0 Å². The van der Waals surface area contributed by atoms with Gasteiger partial charge in [0.15, 0.2) is 0 Å². The standard InChI is InChI=1S/C6H9O/c1-4-5(2)6(3)7/h1,4-5H,2-3H3. The first-order chi connectivity index (χ1) is 3.18. The highest BCUT2D eigenvalue weighted by atomic mass is 16.1. The molecule has 1 heteroatoms. The summed E-state index contributed by atoms with van der Waals surface area (Å²) in [5.74, 6) is 0.0301. The summed E-state index contributed by atoms with van der Waals surface area (Å²) in [6.45, 7) is 8.32. The van der Waals surface area contributed by atoms with Crippen LogP contribution in [-0.4, -0.2) is 5.78 Å². The SMILES string of the molecule is [CH]=CC(C)C(C)=O. The lowest BCUT2D eigenvalue weighted by Crippen LogP contribution is -2.00. The zero-order chi connectivity index (χ0) is 5.86. The molecule has 1 atom stereocenters. The maximum absolute atomic E-state index is 10.3. The third-order valence-corrected chi connectivity index (χ3v) is 0.930. The number of rotatable bonds is 2. The first kappa shape index (κ1) is 6.41. The molecule has 0 aromatic carbocycles. The predicted molar refractivity (Wildman–Crippen MR) is 28.7 cm³/mol. The molecule has 0 aromatic heterocycles. The molecule has 0 fully saturated rings. The molecule has 0 aromatic rings. The van der Waals surface area contributed by atoms with Crippen molar-refractivity contribution in [3.05, 3.63) is 12.7 Å². The molecule has 1 unspecified atom stereocenters. The minimum atomic E-state index is -0.0833. The summed E-state index contributed by atoms with van der Waals surface area (Å²) in [4.78, 5) is 10.3. The molecular weight excluding hydrogens is 88.1 g/mol. The van der Waals surface area contributed by atoms with E-state index in [0.717, 1.165) is 0 Å². The van der Waals surface area contributed by atoms with Gasteiger partial charge in [-0.05, 0) is 6.92 Å². The third-order valence-electron chi connectivity index (χ3n) is 0.930. The van der Waals surface area contributed by atoms with Gasteiger partial charge in [-0.1, -0.05) is 19.6 Å². The summed E-state index contributed by atoms with van der Waals surface area (Å²) < 4.78 is 0. The van der Waals surface area contributed by atoms with Crippen molar-refractivity contribution >= 4 is 5.78 Å². The Morgan fingerprint density at radius 3 is 2.29 bits per heavy atom. The van der Waals surface area contributed by atoms with E-state index < -0.39 is 0 Å². The largest absolute Gasteiger partial charge is 0.299 e. The lowest BCUT2D eigenvalue weighted by molar-refractivity contribution is -0.118. The maximum Gasteiger partial charge on any atom is 0.136 e. The van der Waals surface area contributed by atoms with Gasteiger partial charge in [0.05, 0.1) is 0 Å². The zero-order valence-electron chi connectivity index (χ0n) is 4.64. The molecule has 0 amide bonds. The molecule has 1 radical (unpaired) electrons. The Morgan fingerprint density at radius 2 is 2.29 bits per heavy atom. The van der Waals surface area contributed by atoms with Gasteiger partial charge in [0.25, 0.3) is 0 Å². The second-order valence-corrected chi connectivity index (χ2v) is 1.59. The summed E-state index contributed by atoms with van der Waals surface area (Å²) in [5, 5.41) is 0. The van der Waals surface area contributed by atoms with Crippen LogP contribution in [-0.2, 0) is 4.79 Å². The van der Waals surface area contributed by atoms with Crippen LogP contribution in [0.2, 0.25) is 0 Å². The molecule has 0 rings (SSSR count). The molecule has 1 nitrogen and oxygen atoms in total. The fraction of sp³-hybridized carbons (Fsp3) is 0.500. The van der Waals surface area contributed by atoms with Crippen LogP contribution in [0.5, 0.6) is 0 Å². The van der Waals surface area contributed by atoms with E-state index in [4.69, 9.17) is 6.58 Å². The Balaban J connectivity index is 3.55. The van der Waals surface area contributed by atoms with E-state index in [1.807, 2.05) is 0 Å². The van der Waals surface area contributed by atoms with Crippen LogP contribution in [0.15, 0.2) is 6.08 Å². The molecular formula is C6H9O. The number of carbonyl (C=O) groups excluding carboxylic acids is 1. The van der Waals surface area contributed by atoms with E-state index >= 15 is 0 Å². The quantitative estimate of drug-likeness (QED) is 0.506. The van der Waals surface area contributed by atoms with Gasteiger partial charge < -0.3 is 0 Å². The van der Waals surface area contributed by atoms with Gasteiger partial charge >= 0.3 is 0 Å². The van der Waals surface area contributed by atoms with Crippen LogP contribution in [0.25, 0.3) is 0 Å². The smallest absolute Gasteiger partial charge is 0.136 e. The van der Waals surface area contributed by atoms with Crippen LogP contribution < -0.4 is 0 Å². The van der Waals surface area contributed by atoms with E-state index in [1.165, 1.54) is 13.0 Å². The first-order valence-corrected chi connectivity index (χ1v) is 2.24. The summed E-state index contributed by atoms with van der Waals surface area (Å²) >= 11 is 0. The third kappa shape index (κ3) is 2.15. The van der Waals surface area contributed by atoms with E-state index in [-0.39, 0.29) is 11.7 Å². The average Bonchev–Trinajstić information content (AvgIpc) is 1.65. The first-order valence-electron chi connectivity index (χ1n) is 2.24. The van der Waals surface area contributed by atoms with E-state index in [1.54, 1.807) is 6.92 Å². The van der Waals surface area contributed by atoms with Crippen LogP contribution in [0.4, 0.5) is 0 Å². The summed E-state index contributed by atoms with van der Waals surface area (Å²) in [5.41, 5.74) is 0. The molecule has 0 spiro atoms. The van der Waals surface area contributed by atoms with Crippen molar-refractivity contribution in [3.63, 3.8) is 0 Å². The fourth-order valence-electron chi connectivity index (χ4n) is 0.136. The Kier molecular flexibility index (Phi) is 2.34. The number of hydrogen-bond acceptors (Lipinski definition) is 1. The maximum atomic E-state index is 10.3. The van der Waals surface area contributed by atoms with Crippen LogP contribution in [0.3, 0.4) is 0 Å². The molecule has 0 N–H and O–H groups in total. The molecule has 0 aliphatic carbocycles. The monoisotopic (exact) mass is 97.1 g/mol. The minimum absolute atomic E-state index is 0.0833. The van der Waals surface area contributed by atoms with Gasteiger partial charge in [0, 0.05) is 5.92 Å². The van der Waals surface area contributed by atoms with E-state index in [0.29, 0.717) is 0 Å². The fourth-order valence-corrected chi connectivity index (χ4v) is 0.136. The van der Waals surface area contributed by atoms with Crippen molar-refractivity contribution in [3.8, 4) is 0 Å². The Hall–Kier alpha value is -0.590. The highest BCUT2D eigenvalue weighted by molar-refractivity contribution is 5.79.